The fraction of sp³-hybridized carbons (Fsp3) is 0.500. The van der Waals surface area contributed by atoms with Crippen LogP contribution >= 0.6 is 11.6 Å². The summed E-state index contributed by atoms with van der Waals surface area (Å²) in [6, 6.07) is 0.0276. The molecule has 7 heteroatoms. The van der Waals surface area contributed by atoms with Gasteiger partial charge in [-0.1, -0.05) is 25.4 Å². The molecule has 19 heavy (non-hydrogen) atoms. The highest BCUT2D eigenvalue weighted by molar-refractivity contribution is 6.30. The average molecular weight is 300 g/mol. The van der Waals surface area contributed by atoms with E-state index in [-0.39, 0.29) is 5.56 Å². The van der Waals surface area contributed by atoms with E-state index in [0.29, 0.717) is 12.1 Å². The summed E-state index contributed by atoms with van der Waals surface area (Å²) < 4.78 is 51.8. The quantitative estimate of drug-likeness (QED) is 0.839. The van der Waals surface area contributed by atoms with Crippen LogP contribution in [0.4, 0.5) is 17.6 Å². The fourth-order valence-electron chi connectivity index (χ4n) is 1.52. The average Bonchev–Trinajstić information content (AvgIpc) is 2.30. The summed E-state index contributed by atoms with van der Waals surface area (Å²) in [4.78, 5) is 0. The SMILES string of the molecule is CC(C)(CO)[C@H](N)c1cc(C(F)(F)F)cc(Cl)c1F. The van der Waals surface area contributed by atoms with E-state index in [2.05, 4.69) is 0 Å². The highest BCUT2D eigenvalue weighted by Crippen LogP contribution is 2.38. The fourth-order valence-corrected chi connectivity index (χ4v) is 1.75. The zero-order valence-corrected chi connectivity index (χ0v) is 11.1. The Morgan fingerprint density at radius 2 is 1.84 bits per heavy atom. The standard InChI is InChI=1S/C12H14ClF4NO/c1-11(2,5-19)10(18)7-3-6(12(15,16)17)4-8(13)9(7)14/h3-4,10,19H,5,18H2,1-2H3/t10-/m1/s1. The Bertz CT molecular complexity index is 474. The number of benzene rings is 1. The molecular formula is C12H14ClF4NO. The normalized spacial score (nSPS) is 14.6. The number of halogens is 5. The maximum atomic E-state index is 13.8. The van der Waals surface area contributed by atoms with E-state index >= 15 is 0 Å². The van der Waals surface area contributed by atoms with Crippen molar-refractivity contribution in [3.8, 4) is 0 Å². The van der Waals surface area contributed by atoms with Crippen molar-refractivity contribution in [3.05, 3.63) is 34.1 Å². The first-order valence-corrected chi connectivity index (χ1v) is 5.81. The molecule has 0 spiro atoms. The first-order chi connectivity index (χ1) is 8.50. The minimum atomic E-state index is -4.64. The van der Waals surface area contributed by atoms with Crippen LogP contribution in [0.5, 0.6) is 0 Å². The summed E-state index contributed by atoms with van der Waals surface area (Å²) >= 11 is 5.47. The Balaban J connectivity index is 3.39. The molecule has 3 N–H and O–H groups in total. The number of alkyl halides is 3. The van der Waals surface area contributed by atoms with Gasteiger partial charge in [0.2, 0.25) is 0 Å². The third kappa shape index (κ3) is 3.38. The molecular weight excluding hydrogens is 286 g/mol. The largest absolute Gasteiger partial charge is 0.416 e. The Hall–Kier alpha value is -0.850. The summed E-state index contributed by atoms with van der Waals surface area (Å²) in [5.41, 5.74) is 3.33. The predicted molar refractivity (Wildman–Crippen MR) is 64.2 cm³/mol. The number of aliphatic hydroxyl groups excluding tert-OH is 1. The van der Waals surface area contributed by atoms with Gasteiger partial charge in [0.15, 0.2) is 0 Å². The van der Waals surface area contributed by atoms with E-state index in [1.54, 1.807) is 0 Å². The van der Waals surface area contributed by atoms with Gasteiger partial charge in [-0.2, -0.15) is 13.2 Å². The molecule has 1 aromatic carbocycles. The van der Waals surface area contributed by atoms with Gasteiger partial charge < -0.3 is 10.8 Å². The van der Waals surface area contributed by atoms with Crippen LogP contribution < -0.4 is 5.73 Å². The molecule has 108 valence electrons. The summed E-state index contributed by atoms with van der Waals surface area (Å²) in [7, 11) is 0. The van der Waals surface area contributed by atoms with Gasteiger partial charge in [0.25, 0.3) is 0 Å². The van der Waals surface area contributed by atoms with Gasteiger partial charge in [0.1, 0.15) is 5.82 Å². The van der Waals surface area contributed by atoms with Crippen LogP contribution in [-0.2, 0) is 6.18 Å². The second-order valence-corrected chi connectivity index (χ2v) is 5.39. The summed E-state index contributed by atoms with van der Waals surface area (Å²) in [5.74, 6) is -0.997. The van der Waals surface area contributed by atoms with E-state index in [9.17, 15) is 17.6 Å². The summed E-state index contributed by atoms with van der Waals surface area (Å²) in [5, 5.41) is 8.51. The van der Waals surface area contributed by atoms with Gasteiger partial charge in [-0.05, 0) is 12.1 Å². The van der Waals surface area contributed by atoms with E-state index in [1.165, 1.54) is 13.8 Å². The Morgan fingerprint density at radius 3 is 2.26 bits per heavy atom. The third-order valence-corrected chi connectivity index (χ3v) is 3.24. The molecule has 0 aliphatic carbocycles. The molecule has 0 amide bonds. The molecule has 0 saturated heterocycles. The summed E-state index contributed by atoms with van der Waals surface area (Å²) in [6.45, 7) is 2.64. The molecule has 0 bridgehead atoms. The van der Waals surface area contributed by atoms with Crippen LogP contribution in [0.15, 0.2) is 12.1 Å². The molecule has 2 nitrogen and oxygen atoms in total. The maximum absolute atomic E-state index is 13.8. The van der Waals surface area contributed by atoms with Crippen molar-refractivity contribution in [2.45, 2.75) is 26.1 Å². The van der Waals surface area contributed by atoms with Crippen molar-refractivity contribution in [2.24, 2.45) is 11.1 Å². The van der Waals surface area contributed by atoms with Crippen LogP contribution in [0.2, 0.25) is 5.02 Å². The minimum Gasteiger partial charge on any atom is -0.396 e. The van der Waals surface area contributed by atoms with Crippen LogP contribution in [0.3, 0.4) is 0 Å². The maximum Gasteiger partial charge on any atom is 0.416 e. The number of nitrogens with two attached hydrogens (primary N) is 1. The molecule has 1 rings (SSSR count). The van der Waals surface area contributed by atoms with E-state index in [1.807, 2.05) is 0 Å². The smallest absolute Gasteiger partial charge is 0.396 e. The van der Waals surface area contributed by atoms with Crippen molar-refractivity contribution < 1.29 is 22.7 Å². The number of aliphatic hydroxyl groups is 1. The van der Waals surface area contributed by atoms with E-state index < -0.39 is 40.6 Å². The molecule has 0 aliphatic heterocycles. The Morgan fingerprint density at radius 1 is 1.32 bits per heavy atom. The van der Waals surface area contributed by atoms with Crippen LogP contribution in [0, 0.1) is 11.2 Å². The zero-order chi connectivity index (χ0) is 15.0. The Kier molecular flexibility index (Phi) is 4.49. The monoisotopic (exact) mass is 299 g/mol. The van der Waals surface area contributed by atoms with E-state index in [0.717, 1.165) is 0 Å². The molecule has 0 saturated carbocycles. The van der Waals surface area contributed by atoms with E-state index in [4.69, 9.17) is 22.4 Å². The lowest BCUT2D eigenvalue weighted by molar-refractivity contribution is -0.137. The van der Waals surface area contributed by atoms with Crippen molar-refractivity contribution in [3.63, 3.8) is 0 Å². The molecule has 1 atom stereocenters. The van der Waals surface area contributed by atoms with Crippen molar-refractivity contribution >= 4 is 11.6 Å². The van der Waals surface area contributed by atoms with Gasteiger partial charge in [0.05, 0.1) is 10.6 Å². The van der Waals surface area contributed by atoms with Gasteiger partial charge in [-0.25, -0.2) is 4.39 Å². The lowest BCUT2D eigenvalue weighted by Crippen LogP contribution is -2.33. The topological polar surface area (TPSA) is 46.2 Å². The van der Waals surface area contributed by atoms with Gasteiger partial charge in [-0.15, -0.1) is 0 Å². The highest BCUT2D eigenvalue weighted by atomic mass is 35.5. The minimum absolute atomic E-state index is 0.362. The highest BCUT2D eigenvalue weighted by Gasteiger charge is 2.35. The van der Waals surface area contributed by atoms with Gasteiger partial charge >= 0.3 is 6.18 Å². The van der Waals surface area contributed by atoms with Crippen molar-refractivity contribution in [2.75, 3.05) is 6.61 Å². The predicted octanol–water partition coefficient (Wildman–Crippen LogP) is 3.52. The molecule has 0 aromatic heterocycles. The first kappa shape index (κ1) is 16.2. The van der Waals surface area contributed by atoms with Crippen molar-refractivity contribution in [1.29, 1.82) is 0 Å². The lowest BCUT2D eigenvalue weighted by atomic mass is 9.81. The first-order valence-electron chi connectivity index (χ1n) is 5.43. The number of hydrogen-bond acceptors (Lipinski definition) is 2. The second kappa shape index (κ2) is 5.26. The molecule has 0 heterocycles. The van der Waals surface area contributed by atoms with Gasteiger partial charge in [0, 0.05) is 23.6 Å². The van der Waals surface area contributed by atoms with Gasteiger partial charge in [-0.3, -0.25) is 0 Å². The van der Waals surface area contributed by atoms with Crippen LogP contribution in [0.1, 0.15) is 31.0 Å². The molecule has 0 fully saturated rings. The van der Waals surface area contributed by atoms with Crippen LogP contribution in [-0.4, -0.2) is 11.7 Å². The Labute approximate surface area is 113 Å². The molecule has 0 unspecified atom stereocenters. The van der Waals surface area contributed by atoms with Crippen molar-refractivity contribution in [1.82, 2.24) is 0 Å². The van der Waals surface area contributed by atoms with Crippen LogP contribution in [0.25, 0.3) is 0 Å². The lowest BCUT2D eigenvalue weighted by Gasteiger charge is -2.30. The zero-order valence-electron chi connectivity index (χ0n) is 10.4. The third-order valence-electron chi connectivity index (χ3n) is 2.97. The number of rotatable bonds is 3. The number of hydrogen-bond donors (Lipinski definition) is 2. The summed E-state index contributed by atoms with van der Waals surface area (Å²) in [6.07, 6.45) is -4.64. The second-order valence-electron chi connectivity index (χ2n) is 4.98. The molecule has 0 aliphatic rings. The molecule has 0 radical (unpaired) electrons. The molecule has 1 aromatic rings.